The van der Waals surface area contributed by atoms with E-state index in [0.717, 1.165) is 0 Å². The average Bonchev–Trinajstić information content (AvgIpc) is 2.19. The molecule has 0 saturated heterocycles. The van der Waals surface area contributed by atoms with E-state index in [-0.39, 0.29) is 27.1 Å². The molecule has 1 aromatic rings. The van der Waals surface area contributed by atoms with Crippen molar-refractivity contribution in [2.45, 2.75) is 0 Å². The Kier molecular flexibility index (Phi) is 2.95. The zero-order chi connectivity index (χ0) is 10.7. The van der Waals surface area contributed by atoms with E-state index in [1.165, 1.54) is 13.2 Å². The number of aromatic hydroxyl groups is 1. The van der Waals surface area contributed by atoms with Crippen molar-refractivity contribution in [1.29, 1.82) is 10.5 Å². The molecule has 0 aliphatic heterocycles. The zero-order valence-electron chi connectivity index (χ0n) is 7.21. The van der Waals surface area contributed by atoms with Gasteiger partial charge in [-0.3, -0.25) is 0 Å². The van der Waals surface area contributed by atoms with Crippen molar-refractivity contribution in [2.75, 3.05) is 7.11 Å². The Hall–Kier alpha value is -1.72. The number of phenols is 1. The largest absolute Gasteiger partial charge is 0.503 e. The van der Waals surface area contributed by atoms with Gasteiger partial charge in [0, 0.05) is 6.07 Å². The number of nitriles is 2. The van der Waals surface area contributed by atoms with Crippen LogP contribution in [0.5, 0.6) is 11.5 Å². The molecular weight excluding hydrogens is 248 g/mol. The lowest BCUT2D eigenvalue weighted by atomic mass is 10.1. The molecule has 0 unspecified atom stereocenters. The lowest BCUT2D eigenvalue weighted by molar-refractivity contribution is 0.372. The van der Waals surface area contributed by atoms with Gasteiger partial charge in [-0.25, -0.2) is 0 Å². The second-order valence-corrected chi connectivity index (χ2v) is 3.18. The first-order valence-electron chi connectivity index (χ1n) is 3.55. The number of phenolic OH excluding ortho intramolecular Hbond substituents is 1. The smallest absolute Gasteiger partial charge is 0.177 e. The van der Waals surface area contributed by atoms with Gasteiger partial charge in [-0.2, -0.15) is 10.5 Å². The van der Waals surface area contributed by atoms with Gasteiger partial charge in [0.15, 0.2) is 11.5 Å². The Bertz CT molecular complexity index is 457. The highest BCUT2D eigenvalue weighted by Crippen LogP contribution is 2.36. The molecule has 0 aliphatic carbocycles. The molecule has 0 aliphatic rings. The molecule has 0 aromatic heterocycles. The van der Waals surface area contributed by atoms with Crippen LogP contribution >= 0.6 is 15.9 Å². The molecule has 0 amide bonds. The number of rotatable bonds is 1. The molecule has 0 radical (unpaired) electrons. The maximum absolute atomic E-state index is 9.50. The minimum Gasteiger partial charge on any atom is -0.503 e. The quantitative estimate of drug-likeness (QED) is 0.829. The van der Waals surface area contributed by atoms with E-state index in [2.05, 4.69) is 15.9 Å². The maximum Gasteiger partial charge on any atom is 0.177 e. The van der Waals surface area contributed by atoms with Gasteiger partial charge in [0.05, 0.1) is 17.1 Å². The third-order valence-corrected chi connectivity index (χ3v) is 2.48. The minimum atomic E-state index is -0.263. The van der Waals surface area contributed by atoms with E-state index < -0.39 is 0 Å². The summed E-state index contributed by atoms with van der Waals surface area (Å²) >= 11 is 3.06. The molecule has 0 heterocycles. The van der Waals surface area contributed by atoms with Crippen LogP contribution in [0, 0.1) is 22.7 Å². The van der Waals surface area contributed by atoms with E-state index in [4.69, 9.17) is 15.3 Å². The van der Waals surface area contributed by atoms with Crippen LogP contribution in [0.4, 0.5) is 0 Å². The van der Waals surface area contributed by atoms with Crippen LogP contribution in [-0.4, -0.2) is 12.2 Å². The first kappa shape index (κ1) is 10.4. The normalized spacial score (nSPS) is 8.86. The highest BCUT2D eigenvalue weighted by Gasteiger charge is 2.15. The summed E-state index contributed by atoms with van der Waals surface area (Å²) in [6.45, 7) is 0. The number of methoxy groups -OCH3 is 1. The van der Waals surface area contributed by atoms with Crippen LogP contribution in [0.1, 0.15) is 11.1 Å². The fraction of sp³-hybridized carbons (Fsp3) is 0.111. The topological polar surface area (TPSA) is 77.0 Å². The summed E-state index contributed by atoms with van der Waals surface area (Å²) in [5, 5.41) is 27.0. The third kappa shape index (κ3) is 1.50. The van der Waals surface area contributed by atoms with E-state index in [1.807, 2.05) is 6.07 Å². The molecule has 0 saturated carbocycles. The van der Waals surface area contributed by atoms with Gasteiger partial charge in [-0.05, 0) is 15.9 Å². The lowest BCUT2D eigenvalue weighted by Crippen LogP contribution is -1.91. The Morgan fingerprint density at radius 2 is 2.07 bits per heavy atom. The summed E-state index contributed by atoms with van der Waals surface area (Å²) in [5.41, 5.74) is 0.247. The monoisotopic (exact) mass is 252 g/mol. The van der Waals surface area contributed by atoms with E-state index >= 15 is 0 Å². The van der Waals surface area contributed by atoms with Crippen molar-refractivity contribution in [3.63, 3.8) is 0 Å². The lowest BCUT2D eigenvalue weighted by Gasteiger charge is -2.07. The second kappa shape index (κ2) is 3.99. The van der Waals surface area contributed by atoms with Gasteiger partial charge in [-0.15, -0.1) is 0 Å². The predicted molar refractivity (Wildman–Crippen MR) is 51.8 cm³/mol. The van der Waals surface area contributed by atoms with E-state index in [1.54, 1.807) is 6.07 Å². The highest BCUT2D eigenvalue weighted by molar-refractivity contribution is 9.10. The van der Waals surface area contributed by atoms with Crippen molar-refractivity contribution >= 4 is 15.9 Å². The summed E-state index contributed by atoms with van der Waals surface area (Å²) in [6, 6.07) is 5.03. The molecule has 1 N–H and O–H groups in total. The van der Waals surface area contributed by atoms with Crippen molar-refractivity contribution in [3.8, 4) is 23.6 Å². The molecule has 0 fully saturated rings. The van der Waals surface area contributed by atoms with Crippen molar-refractivity contribution in [1.82, 2.24) is 0 Å². The molecular formula is C9H5BrN2O2. The van der Waals surface area contributed by atoms with E-state index in [0.29, 0.717) is 0 Å². The first-order valence-corrected chi connectivity index (χ1v) is 4.34. The van der Waals surface area contributed by atoms with Gasteiger partial charge < -0.3 is 9.84 Å². The number of hydrogen-bond acceptors (Lipinski definition) is 4. The SMILES string of the molecule is COc1cc(C#N)c(Br)c(C#N)c1O. The van der Waals surface area contributed by atoms with Gasteiger partial charge in [0.25, 0.3) is 0 Å². The zero-order valence-corrected chi connectivity index (χ0v) is 8.79. The molecule has 5 heteroatoms. The molecule has 70 valence electrons. The maximum atomic E-state index is 9.50. The Balaban J connectivity index is 3.59. The van der Waals surface area contributed by atoms with E-state index in [9.17, 15) is 5.11 Å². The molecule has 14 heavy (non-hydrogen) atoms. The number of nitrogens with zero attached hydrogens (tertiary/aromatic N) is 2. The summed E-state index contributed by atoms with van der Waals surface area (Å²) in [5.74, 6) is -0.151. The molecule has 4 nitrogen and oxygen atoms in total. The summed E-state index contributed by atoms with van der Waals surface area (Å²) in [7, 11) is 1.35. The summed E-state index contributed by atoms with van der Waals surface area (Å²) in [4.78, 5) is 0. The Labute approximate surface area is 89.1 Å². The van der Waals surface area contributed by atoms with Crippen LogP contribution in [-0.2, 0) is 0 Å². The second-order valence-electron chi connectivity index (χ2n) is 2.39. The Morgan fingerprint density at radius 3 is 2.50 bits per heavy atom. The standard InChI is InChI=1S/C9H5BrN2O2/c1-14-7-2-5(3-11)8(10)6(4-12)9(7)13/h2,13H,1H3. The third-order valence-electron chi connectivity index (χ3n) is 1.65. The number of ether oxygens (including phenoxy) is 1. The van der Waals surface area contributed by atoms with Crippen LogP contribution in [0.25, 0.3) is 0 Å². The number of halogens is 1. The highest BCUT2D eigenvalue weighted by atomic mass is 79.9. The summed E-state index contributed by atoms with van der Waals surface area (Å²) in [6.07, 6.45) is 0. The van der Waals surface area contributed by atoms with Crippen molar-refractivity contribution in [3.05, 3.63) is 21.7 Å². The number of hydrogen-bond donors (Lipinski definition) is 1. The molecule has 0 bridgehead atoms. The molecule has 1 aromatic carbocycles. The van der Waals surface area contributed by atoms with Gasteiger partial charge in [-0.1, -0.05) is 0 Å². The van der Waals surface area contributed by atoms with Gasteiger partial charge >= 0.3 is 0 Å². The predicted octanol–water partition coefficient (Wildman–Crippen LogP) is 1.91. The fourth-order valence-electron chi connectivity index (χ4n) is 0.964. The first-order chi connectivity index (χ1) is 6.65. The van der Waals surface area contributed by atoms with Crippen LogP contribution in [0.15, 0.2) is 10.5 Å². The van der Waals surface area contributed by atoms with Crippen molar-refractivity contribution < 1.29 is 9.84 Å². The fourth-order valence-corrected chi connectivity index (χ4v) is 1.44. The van der Waals surface area contributed by atoms with Crippen LogP contribution in [0.2, 0.25) is 0 Å². The van der Waals surface area contributed by atoms with Gasteiger partial charge in [0.1, 0.15) is 17.7 Å². The van der Waals surface area contributed by atoms with Crippen molar-refractivity contribution in [2.24, 2.45) is 0 Å². The summed E-state index contributed by atoms with van der Waals surface area (Å²) < 4.78 is 5.09. The van der Waals surface area contributed by atoms with Crippen LogP contribution in [0.3, 0.4) is 0 Å². The minimum absolute atomic E-state index is 0.000833. The molecule has 0 atom stereocenters. The molecule has 1 rings (SSSR count). The molecule has 0 spiro atoms. The van der Waals surface area contributed by atoms with Crippen LogP contribution < -0.4 is 4.74 Å². The Morgan fingerprint density at radius 1 is 1.43 bits per heavy atom. The number of benzene rings is 1. The van der Waals surface area contributed by atoms with Gasteiger partial charge in [0.2, 0.25) is 0 Å². The average molecular weight is 253 g/mol.